The van der Waals surface area contributed by atoms with Gasteiger partial charge in [0.05, 0.1) is 57.8 Å². The quantitative estimate of drug-likeness (QED) is 0.0108. The molecule has 1 heterocycles. The molecule has 0 saturated carbocycles. The number of esters is 1. The highest BCUT2D eigenvalue weighted by atomic mass is 16.5. The molecule has 0 spiro atoms. The minimum atomic E-state index is -2.46. The average Bonchev–Trinajstić information content (AvgIpc) is 1.67. The first-order chi connectivity index (χ1) is 54.7. The number of hydrogen-bond donors (Lipinski definition) is 23. The highest BCUT2D eigenvalue weighted by Crippen LogP contribution is 2.21. The van der Waals surface area contributed by atoms with Gasteiger partial charge in [-0.1, -0.05) is 82.7 Å². The number of aromatic amines is 1. The van der Waals surface area contributed by atoms with E-state index in [1.165, 1.54) is 31.2 Å². The number of carboxylic acid groups (broad SMARTS) is 5. The Kier molecular flexibility index (Phi) is 41.7. The lowest BCUT2D eigenvalue weighted by atomic mass is 9.96. The van der Waals surface area contributed by atoms with Crippen molar-refractivity contribution in [1.29, 1.82) is 0 Å². The number of carbonyl (C=O) groups is 20. The Labute approximate surface area is 663 Å². The number of nitrogens with one attached hydrogen (secondary N) is 13. The number of aliphatic hydroxyl groups excluding tert-OH is 1. The number of aromatic nitrogens is 1. The van der Waals surface area contributed by atoms with E-state index in [0.29, 0.717) is 29.3 Å². The second-order valence-corrected chi connectivity index (χ2v) is 27.1. The Morgan fingerprint density at radius 3 is 1.51 bits per heavy atom. The molecule has 0 aliphatic heterocycles. The van der Waals surface area contributed by atoms with Crippen LogP contribution in [-0.4, -0.2) is 253 Å². The van der Waals surface area contributed by atoms with Crippen LogP contribution in [0.4, 0.5) is 5.69 Å². The minimum absolute atomic E-state index is 0.0236. The standard InChI is InChI=1S/C72H103N17O27/c1-5-6-7-8-9-10-11-22-53(93)81-44(25-38-31-77-42-20-15-13-17-39(38)42)65(107)84-45(27-52(76)92)66(108)85-47(29-58(100)101)67(109)89-61(69(111)79-33-54(94)80-43(21-16-23-73)64(106)86-48(71(113)114)30-59(102)103)37(4)116-72(115)49(26-51(91)40-18-12-14-19-41(40)75)87-70(112)60(35(2)24-56(96)97)88-68(110)50(34-90)82-55(95)32-78-63(105)46(28-57(98)99)83-62(104)36(3)74/h12-15,17-20,31,35-37,43-50,60-61,77,90H,5-11,16,21-30,32-34,73-75H2,1-4H3,(H2,76,92)(H,78,105)(H,79,111)(H,80,94)(H,81,93)(H,82,95)(H,83,104)(H,84,107)(H,85,108)(H,86,106)(H,87,112)(H,88,110)(H,89,109)(H,96,97)(H,98,99)(H,100,101)(H,102,103)(H,113,114)/t35-,36+,37+,43+,44-,45+,46+,47-,48+,49+,50-,60+,61+/m1/s1. The van der Waals surface area contributed by atoms with Gasteiger partial charge in [-0.2, -0.15) is 0 Å². The molecule has 0 saturated heterocycles. The number of ether oxygens (including phenoxy) is 1. The first kappa shape index (κ1) is 97.5. The van der Waals surface area contributed by atoms with Crippen LogP contribution < -0.4 is 86.7 Å². The van der Waals surface area contributed by atoms with Crippen molar-refractivity contribution in [2.24, 2.45) is 23.1 Å². The predicted octanol–water partition coefficient (Wildman–Crippen LogP) is -5.71. The summed E-state index contributed by atoms with van der Waals surface area (Å²) in [6.45, 7) is 1.52. The number of ketones is 1. The van der Waals surface area contributed by atoms with Crippen LogP contribution in [0.25, 0.3) is 10.9 Å². The molecule has 44 heteroatoms. The van der Waals surface area contributed by atoms with E-state index in [4.69, 9.17) is 27.7 Å². The van der Waals surface area contributed by atoms with Crippen LogP contribution in [0.2, 0.25) is 0 Å². The zero-order valence-corrected chi connectivity index (χ0v) is 64.1. The lowest BCUT2D eigenvalue weighted by Gasteiger charge is -2.30. The summed E-state index contributed by atoms with van der Waals surface area (Å²) in [4.78, 5) is 270. The summed E-state index contributed by atoms with van der Waals surface area (Å²) in [5, 5.41) is 85.0. The number of fused-ring (bicyclic) bond motifs is 1. The van der Waals surface area contributed by atoms with Gasteiger partial charge >= 0.3 is 35.8 Å². The Morgan fingerprint density at radius 2 is 0.940 bits per heavy atom. The van der Waals surface area contributed by atoms with Crippen LogP contribution in [0.5, 0.6) is 0 Å². The maximum Gasteiger partial charge on any atom is 0.329 e. The largest absolute Gasteiger partial charge is 0.481 e. The normalized spacial score (nSPS) is 14.3. The Hall–Kier alpha value is -12.7. The molecule has 0 aliphatic rings. The molecule has 1 aromatic heterocycles. The van der Waals surface area contributed by atoms with E-state index in [9.17, 15) is 127 Å². The van der Waals surface area contributed by atoms with Crippen LogP contribution in [0.3, 0.4) is 0 Å². The number of unbranched alkanes of at least 4 members (excludes halogenated alkanes) is 6. The summed E-state index contributed by atoms with van der Waals surface area (Å²) >= 11 is 0. The van der Waals surface area contributed by atoms with Crippen molar-refractivity contribution in [2.75, 3.05) is 32.0 Å². The van der Waals surface area contributed by atoms with Crippen molar-refractivity contribution >= 4 is 135 Å². The molecule has 13 atom stereocenters. The molecule has 638 valence electrons. The van der Waals surface area contributed by atoms with Crippen LogP contribution in [-0.2, 0) is 102 Å². The topological polar surface area (TPSA) is 736 Å². The number of hydrogen-bond acceptors (Lipinski definition) is 25. The molecule has 0 aliphatic carbocycles. The molecule has 116 heavy (non-hydrogen) atoms. The van der Waals surface area contributed by atoms with E-state index < -0.39 is 255 Å². The number of carboxylic acids is 5. The first-order valence-corrected chi connectivity index (χ1v) is 36.8. The van der Waals surface area contributed by atoms with E-state index in [0.717, 1.165) is 46.0 Å². The number of aliphatic hydroxyl groups is 1. The molecule has 0 bridgehead atoms. The van der Waals surface area contributed by atoms with Crippen LogP contribution in [0, 0.1) is 5.92 Å². The van der Waals surface area contributed by atoms with E-state index in [-0.39, 0.29) is 43.5 Å². The molecule has 27 N–H and O–H groups in total. The number of amides is 13. The lowest BCUT2D eigenvalue weighted by molar-refractivity contribution is -0.156. The number of carbonyl (C=O) groups excluding carboxylic acids is 15. The molecule has 0 radical (unpaired) electrons. The van der Waals surface area contributed by atoms with Crippen LogP contribution in [0.1, 0.15) is 146 Å². The molecular weight excluding hydrogens is 1530 g/mol. The van der Waals surface area contributed by atoms with Gasteiger partial charge in [0.2, 0.25) is 76.8 Å². The summed E-state index contributed by atoms with van der Waals surface area (Å²) in [6, 6.07) is -9.63. The van der Waals surface area contributed by atoms with Gasteiger partial charge in [-0.25, -0.2) is 9.59 Å². The van der Waals surface area contributed by atoms with Gasteiger partial charge in [0.1, 0.15) is 66.5 Å². The third-order valence-corrected chi connectivity index (χ3v) is 17.5. The SMILES string of the molecule is CCCCCCCCCC(=O)N[C@H](Cc1c[nH]c2ccccc12)C(=O)N[C@@H](CC(N)=O)C(=O)N[C@H](CC(=O)O)C(=O)N[C@H](C(=O)NCC(=O)N[C@@H](CCCN)C(=O)N[C@@H](CC(=O)O)C(=O)O)[C@H](C)OC(=O)[C@H](CC(=O)c1ccccc1N)NC(=O)[C@@H](NC(=O)[C@@H](CO)NC(=O)CNC(=O)[C@H](CC(=O)O)NC(=O)[C@H](C)N)[C@H](C)CC(=O)O. The smallest absolute Gasteiger partial charge is 0.329 e. The van der Waals surface area contributed by atoms with Crippen molar-refractivity contribution in [1.82, 2.24) is 68.8 Å². The fraction of sp³-hybridized carbons (Fsp3) is 0.528. The fourth-order valence-corrected chi connectivity index (χ4v) is 11.4. The van der Waals surface area contributed by atoms with Crippen molar-refractivity contribution in [2.45, 2.75) is 209 Å². The van der Waals surface area contributed by atoms with Gasteiger partial charge in [0.25, 0.3) is 0 Å². The van der Waals surface area contributed by atoms with Gasteiger partial charge in [-0.3, -0.25) is 86.3 Å². The Bertz CT molecular complexity index is 4020. The highest BCUT2D eigenvalue weighted by Gasteiger charge is 2.41. The van der Waals surface area contributed by atoms with Gasteiger partial charge in [-0.05, 0) is 69.3 Å². The number of nitrogens with two attached hydrogens (primary N) is 4. The number of anilines is 1. The number of primary amides is 1. The maximum absolute atomic E-state index is 14.8. The number of Topliss-reactive ketones (excluding diaryl/α,β-unsaturated/α-hetero) is 1. The van der Waals surface area contributed by atoms with Gasteiger partial charge in [0.15, 0.2) is 5.78 Å². The Balaban J connectivity index is 2.17. The predicted molar refractivity (Wildman–Crippen MR) is 404 cm³/mol. The molecule has 44 nitrogen and oxygen atoms in total. The van der Waals surface area contributed by atoms with Crippen molar-refractivity contribution in [3.63, 3.8) is 0 Å². The molecule has 3 rings (SSSR count). The second-order valence-electron chi connectivity index (χ2n) is 27.1. The van der Waals surface area contributed by atoms with E-state index in [1.54, 1.807) is 30.5 Å². The Morgan fingerprint density at radius 1 is 0.466 bits per heavy atom. The number of H-pyrrole nitrogens is 1. The lowest BCUT2D eigenvalue weighted by Crippen LogP contribution is -2.62. The van der Waals surface area contributed by atoms with Crippen molar-refractivity contribution in [3.8, 4) is 0 Å². The van der Waals surface area contributed by atoms with Crippen LogP contribution >= 0.6 is 0 Å². The van der Waals surface area contributed by atoms with E-state index >= 15 is 0 Å². The van der Waals surface area contributed by atoms with Crippen molar-refractivity contribution in [3.05, 3.63) is 65.9 Å². The maximum atomic E-state index is 14.8. The summed E-state index contributed by atoms with van der Waals surface area (Å²) in [6.07, 6.45) is -2.03. The third-order valence-electron chi connectivity index (χ3n) is 17.5. The second kappa shape index (κ2) is 49.7. The molecular formula is C72H103N17O27. The van der Waals surface area contributed by atoms with E-state index in [2.05, 4.69) is 59.8 Å². The molecule has 0 unspecified atom stereocenters. The molecule has 0 fully saturated rings. The highest BCUT2D eigenvalue weighted by molar-refractivity contribution is 6.05. The van der Waals surface area contributed by atoms with Crippen molar-refractivity contribution < 1.29 is 131 Å². The number of rotatable bonds is 55. The minimum Gasteiger partial charge on any atom is -0.481 e. The third kappa shape index (κ3) is 34.7. The number of para-hydroxylation sites is 2. The average molecular weight is 1640 g/mol. The van der Waals surface area contributed by atoms with Crippen LogP contribution in [0.15, 0.2) is 54.7 Å². The zero-order chi connectivity index (χ0) is 87.1. The fourth-order valence-electron chi connectivity index (χ4n) is 11.4. The van der Waals surface area contributed by atoms with Gasteiger partial charge < -0.3 is 127 Å². The summed E-state index contributed by atoms with van der Waals surface area (Å²) < 4.78 is 5.66. The zero-order valence-electron chi connectivity index (χ0n) is 64.1. The van der Waals surface area contributed by atoms with E-state index in [1.807, 2.05) is 16.0 Å². The summed E-state index contributed by atoms with van der Waals surface area (Å²) in [5.41, 5.74) is 23.4. The summed E-state index contributed by atoms with van der Waals surface area (Å²) in [5.74, 6) is -29.4. The van der Waals surface area contributed by atoms with Gasteiger partial charge in [0, 0.05) is 47.6 Å². The molecule has 2 aromatic carbocycles. The monoisotopic (exact) mass is 1640 g/mol. The molecule has 13 amide bonds. The number of aliphatic carboxylic acids is 5. The first-order valence-electron chi connectivity index (χ1n) is 36.8. The number of benzene rings is 2. The number of nitrogen functional groups attached to an aromatic ring is 1. The van der Waals surface area contributed by atoms with Gasteiger partial charge in [-0.15, -0.1) is 0 Å². The molecule has 3 aromatic rings. The summed E-state index contributed by atoms with van der Waals surface area (Å²) in [7, 11) is 0.